The highest BCUT2D eigenvalue weighted by molar-refractivity contribution is 5.85. The van der Waals surface area contributed by atoms with E-state index in [-0.39, 0.29) is 36.3 Å². The molecule has 1 aliphatic heterocycles. The minimum atomic E-state index is -0.364. The Morgan fingerprint density at radius 1 is 1.38 bits per heavy atom. The van der Waals surface area contributed by atoms with Gasteiger partial charge in [0.15, 0.2) is 0 Å². The molecule has 0 bridgehead atoms. The summed E-state index contributed by atoms with van der Waals surface area (Å²) in [6.07, 6.45) is 1.97. The molecule has 1 heterocycles. The number of benzene rings is 1. The molecule has 4 heteroatoms. The van der Waals surface area contributed by atoms with Crippen LogP contribution in [0, 0.1) is 5.92 Å². The molecule has 4 unspecified atom stereocenters. The molecule has 1 aromatic rings. The summed E-state index contributed by atoms with van der Waals surface area (Å²) in [6, 6.07) is 10.4. The molecule has 1 amide bonds. The van der Waals surface area contributed by atoms with Gasteiger partial charge in [-0.25, -0.2) is 0 Å². The van der Waals surface area contributed by atoms with Crippen LogP contribution in [0.15, 0.2) is 30.3 Å². The van der Waals surface area contributed by atoms with Crippen LogP contribution in [0.2, 0.25) is 0 Å². The topological polar surface area (TPSA) is 46.3 Å². The van der Waals surface area contributed by atoms with Crippen molar-refractivity contribution in [2.75, 3.05) is 6.54 Å². The van der Waals surface area contributed by atoms with Gasteiger partial charge in [0.05, 0.1) is 6.04 Å². The van der Waals surface area contributed by atoms with Crippen LogP contribution in [-0.4, -0.2) is 29.4 Å². The highest BCUT2D eigenvalue weighted by atomic mass is 35.5. The van der Waals surface area contributed by atoms with Gasteiger partial charge in [-0.05, 0) is 24.8 Å². The molecule has 1 fully saturated rings. The first-order chi connectivity index (χ1) is 9.56. The first-order valence-corrected chi connectivity index (χ1v) is 7.67. The summed E-state index contributed by atoms with van der Waals surface area (Å²) in [7, 11) is 0. The fourth-order valence-corrected chi connectivity index (χ4v) is 3.09. The van der Waals surface area contributed by atoms with Crippen LogP contribution in [-0.2, 0) is 4.79 Å². The maximum atomic E-state index is 12.5. The normalized spacial score (nSPS) is 24.3. The minimum Gasteiger partial charge on any atom is -0.338 e. The Morgan fingerprint density at radius 3 is 2.57 bits per heavy atom. The average Bonchev–Trinajstić information content (AvgIpc) is 2.87. The predicted octanol–water partition coefficient (Wildman–Crippen LogP) is 3.19. The molecule has 1 saturated heterocycles. The lowest BCUT2D eigenvalue weighted by molar-refractivity contribution is -0.134. The maximum absolute atomic E-state index is 12.5. The molecule has 0 aliphatic carbocycles. The van der Waals surface area contributed by atoms with Gasteiger partial charge in [0.25, 0.3) is 0 Å². The Hall–Kier alpha value is -1.06. The van der Waals surface area contributed by atoms with Crippen LogP contribution >= 0.6 is 12.4 Å². The predicted molar refractivity (Wildman–Crippen MR) is 89.7 cm³/mol. The van der Waals surface area contributed by atoms with Crippen molar-refractivity contribution in [1.82, 2.24) is 4.90 Å². The van der Waals surface area contributed by atoms with Gasteiger partial charge in [0.1, 0.15) is 0 Å². The number of nitrogens with zero attached hydrogens (tertiary/aromatic N) is 1. The molecule has 21 heavy (non-hydrogen) atoms. The number of hydrogen-bond acceptors (Lipinski definition) is 2. The zero-order chi connectivity index (χ0) is 14.7. The van der Waals surface area contributed by atoms with Crippen molar-refractivity contribution in [3.63, 3.8) is 0 Å². The molecule has 118 valence electrons. The zero-order valence-corrected chi connectivity index (χ0v) is 14.0. The molecule has 1 aromatic carbocycles. The number of carbonyl (C=O) groups is 1. The van der Waals surface area contributed by atoms with Crippen LogP contribution in [0.25, 0.3) is 0 Å². The van der Waals surface area contributed by atoms with Crippen molar-refractivity contribution in [2.45, 2.75) is 51.6 Å². The summed E-state index contributed by atoms with van der Waals surface area (Å²) < 4.78 is 0. The largest absolute Gasteiger partial charge is 0.338 e. The molecular weight excluding hydrogens is 284 g/mol. The van der Waals surface area contributed by atoms with E-state index in [4.69, 9.17) is 5.73 Å². The summed E-state index contributed by atoms with van der Waals surface area (Å²) in [5.41, 5.74) is 7.43. The van der Waals surface area contributed by atoms with Gasteiger partial charge in [0.2, 0.25) is 5.91 Å². The first kappa shape index (κ1) is 18.0. The number of amides is 1. The number of likely N-dealkylation sites (tertiary alicyclic amines) is 1. The Labute approximate surface area is 134 Å². The molecule has 0 aromatic heterocycles. The first-order valence-electron chi connectivity index (χ1n) is 7.67. The van der Waals surface area contributed by atoms with Crippen molar-refractivity contribution in [1.29, 1.82) is 0 Å². The quantitative estimate of drug-likeness (QED) is 0.928. The Morgan fingerprint density at radius 2 is 2.00 bits per heavy atom. The Balaban J connectivity index is 0.00000220. The third-order valence-electron chi connectivity index (χ3n) is 4.81. The number of carbonyl (C=O) groups excluding carboxylic acids is 1. The van der Waals surface area contributed by atoms with Crippen molar-refractivity contribution < 1.29 is 4.79 Å². The van der Waals surface area contributed by atoms with Crippen molar-refractivity contribution in [3.8, 4) is 0 Å². The van der Waals surface area contributed by atoms with E-state index in [0.717, 1.165) is 19.4 Å². The third kappa shape index (κ3) is 3.78. The molecule has 1 aliphatic rings. The van der Waals surface area contributed by atoms with E-state index in [2.05, 4.69) is 45.0 Å². The van der Waals surface area contributed by atoms with E-state index >= 15 is 0 Å². The van der Waals surface area contributed by atoms with E-state index in [1.165, 1.54) is 5.56 Å². The van der Waals surface area contributed by atoms with Gasteiger partial charge in [0, 0.05) is 18.5 Å². The van der Waals surface area contributed by atoms with Crippen LogP contribution in [0.1, 0.15) is 45.1 Å². The lowest BCUT2D eigenvalue weighted by atomic mass is 9.92. The second kappa shape index (κ2) is 7.81. The van der Waals surface area contributed by atoms with Crippen LogP contribution < -0.4 is 5.73 Å². The number of nitrogens with two attached hydrogens (primary N) is 1. The summed E-state index contributed by atoms with van der Waals surface area (Å²) in [6.45, 7) is 7.10. The van der Waals surface area contributed by atoms with E-state index in [1.807, 2.05) is 11.0 Å². The summed E-state index contributed by atoms with van der Waals surface area (Å²) in [4.78, 5) is 14.5. The van der Waals surface area contributed by atoms with Gasteiger partial charge in [-0.3, -0.25) is 4.79 Å². The van der Waals surface area contributed by atoms with Gasteiger partial charge < -0.3 is 10.6 Å². The molecule has 2 N–H and O–H groups in total. The standard InChI is InChI=1S/C17H26N2O.ClH/c1-4-12(2)16(18)17(20)19-11-10-15(13(19)3)14-8-6-5-7-9-14;/h5-9,12-13,15-16H,4,10-11,18H2,1-3H3;1H. The van der Waals surface area contributed by atoms with Crippen molar-refractivity contribution in [2.24, 2.45) is 11.7 Å². The van der Waals surface area contributed by atoms with E-state index < -0.39 is 0 Å². The van der Waals surface area contributed by atoms with Crippen LogP contribution in [0.3, 0.4) is 0 Å². The fourth-order valence-electron chi connectivity index (χ4n) is 3.09. The Bertz CT molecular complexity index is 451. The fraction of sp³-hybridized carbons (Fsp3) is 0.588. The van der Waals surface area contributed by atoms with Crippen molar-refractivity contribution in [3.05, 3.63) is 35.9 Å². The summed E-state index contributed by atoms with van der Waals surface area (Å²) in [5.74, 6) is 0.792. The molecular formula is C17H27ClN2O. The highest BCUT2D eigenvalue weighted by Gasteiger charge is 2.37. The van der Waals surface area contributed by atoms with Crippen molar-refractivity contribution >= 4 is 18.3 Å². The van der Waals surface area contributed by atoms with Crippen LogP contribution in [0.5, 0.6) is 0 Å². The average molecular weight is 311 g/mol. The summed E-state index contributed by atoms with van der Waals surface area (Å²) in [5, 5.41) is 0. The minimum absolute atomic E-state index is 0. The van der Waals surface area contributed by atoms with Gasteiger partial charge >= 0.3 is 0 Å². The van der Waals surface area contributed by atoms with Gasteiger partial charge in [-0.2, -0.15) is 0 Å². The monoisotopic (exact) mass is 310 g/mol. The van der Waals surface area contributed by atoms with E-state index in [0.29, 0.717) is 5.92 Å². The lowest BCUT2D eigenvalue weighted by Gasteiger charge is -2.29. The second-order valence-electron chi connectivity index (χ2n) is 5.99. The number of rotatable bonds is 4. The maximum Gasteiger partial charge on any atom is 0.240 e. The van der Waals surface area contributed by atoms with E-state index in [9.17, 15) is 4.79 Å². The molecule has 0 saturated carbocycles. The third-order valence-corrected chi connectivity index (χ3v) is 4.81. The number of halogens is 1. The number of hydrogen-bond donors (Lipinski definition) is 1. The van der Waals surface area contributed by atoms with E-state index in [1.54, 1.807) is 0 Å². The smallest absolute Gasteiger partial charge is 0.240 e. The zero-order valence-electron chi connectivity index (χ0n) is 13.2. The molecule has 3 nitrogen and oxygen atoms in total. The molecule has 2 rings (SSSR count). The molecule has 0 spiro atoms. The SMILES string of the molecule is CCC(C)C(N)C(=O)N1CCC(c2ccccc2)C1C.Cl. The lowest BCUT2D eigenvalue weighted by Crippen LogP contribution is -2.48. The molecule has 0 radical (unpaired) electrons. The van der Waals surface area contributed by atoms with Crippen LogP contribution in [0.4, 0.5) is 0 Å². The van der Waals surface area contributed by atoms with Gasteiger partial charge in [-0.15, -0.1) is 12.4 Å². The second-order valence-corrected chi connectivity index (χ2v) is 5.99. The van der Waals surface area contributed by atoms with Gasteiger partial charge in [-0.1, -0.05) is 50.6 Å². The molecule has 4 atom stereocenters. The highest BCUT2D eigenvalue weighted by Crippen LogP contribution is 2.33. The summed E-state index contributed by atoms with van der Waals surface area (Å²) >= 11 is 0. The Kier molecular flexibility index (Phi) is 6.69.